The third-order valence-electron chi connectivity index (χ3n) is 2.63. The average molecular weight is 317 g/mol. The van der Waals surface area contributed by atoms with Gasteiger partial charge in [0.25, 0.3) is 11.8 Å². The minimum Gasteiger partial charge on any atom is -0.462 e. The Morgan fingerprint density at radius 3 is 2.81 bits per heavy atom. The van der Waals surface area contributed by atoms with Crippen molar-refractivity contribution in [2.45, 2.75) is 6.04 Å². The molecule has 0 saturated carbocycles. The standard InChI is InChI=1S/C10H11N3O7S/c1-19-12-8(7-3-2-4-20-7)9(14)11-6-5-13(10(6)15)21(16,17)18/h2-4,6H,5H2,1H3,(H,11,14)(H,16,17,18)/b12-8+. The molecule has 21 heavy (non-hydrogen) atoms. The molecular formula is C10H11N3O7S. The number of amides is 2. The predicted molar refractivity (Wildman–Crippen MR) is 67.4 cm³/mol. The van der Waals surface area contributed by atoms with Crippen molar-refractivity contribution in [1.29, 1.82) is 0 Å². The third kappa shape index (κ3) is 3.03. The molecule has 0 spiro atoms. The van der Waals surface area contributed by atoms with Crippen molar-refractivity contribution in [3.8, 4) is 0 Å². The normalized spacial score (nSPS) is 19.1. The number of hydrogen-bond donors (Lipinski definition) is 2. The third-order valence-corrected chi connectivity index (χ3v) is 3.51. The van der Waals surface area contributed by atoms with Gasteiger partial charge in [0.2, 0.25) is 5.71 Å². The van der Waals surface area contributed by atoms with Crippen molar-refractivity contribution in [1.82, 2.24) is 9.62 Å². The van der Waals surface area contributed by atoms with Gasteiger partial charge in [-0.1, -0.05) is 5.16 Å². The van der Waals surface area contributed by atoms with Crippen molar-refractivity contribution < 1.29 is 31.8 Å². The van der Waals surface area contributed by atoms with Gasteiger partial charge in [0.05, 0.1) is 12.8 Å². The van der Waals surface area contributed by atoms with Gasteiger partial charge in [-0.25, -0.2) is 4.31 Å². The summed E-state index contributed by atoms with van der Waals surface area (Å²) >= 11 is 0. The summed E-state index contributed by atoms with van der Waals surface area (Å²) in [6, 6.07) is 1.92. The van der Waals surface area contributed by atoms with Gasteiger partial charge in [0, 0.05) is 0 Å². The van der Waals surface area contributed by atoms with Crippen LogP contribution in [0.15, 0.2) is 28.0 Å². The van der Waals surface area contributed by atoms with Crippen LogP contribution < -0.4 is 5.32 Å². The van der Waals surface area contributed by atoms with Gasteiger partial charge in [0.15, 0.2) is 5.76 Å². The van der Waals surface area contributed by atoms with Crippen LogP contribution in [0.25, 0.3) is 0 Å². The maximum atomic E-state index is 12.0. The fourth-order valence-corrected chi connectivity index (χ4v) is 2.33. The number of carbonyl (C=O) groups is 2. The number of nitrogens with one attached hydrogen (secondary N) is 1. The second kappa shape index (κ2) is 5.54. The highest BCUT2D eigenvalue weighted by atomic mass is 32.2. The first-order chi connectivity index (χ1) is 9.84. The monoisotopic (exact) mass is 317 g/mol. The molecule has 1 atom stereocenters. The molecule has 1 saturated heterocycles. The highest BCUT2D eigenvalue weighted by Crippen LogP contribution is 2.14. The van der Waals surface area contributed by atoms with Crippen molar-refractivity contribution in [3.63, 3.8) is 0 Å². The van der Waals surface area contributed by atoms with Crippen molar-refractivity contribution in [3.05, 3.63) is 24.2 Å². The highest BCUT2D eigenvalue weighted by molar-refractivity contribution is 7.84. The van der Waals surface area contributed by atoms with E-state index in [4.69, 9.17) is 8.97 Å². The quantitative estimate of drug-likeness (QED) is 0.300. The topological polar surface area (TPSA) is 139 Å². The predicted octanol–water partition coefficient (Wildman–Crippen LogP) is -1.24. The molecule has 1 fully saturated rings. The molecule has 10 nitrogen and oxygen atoms in total. The molecule has 2 N–H and O–H groups in total. The summed E-state index contributed by atoms with van der Waals surface area (Å²) in [7, 11) is -3.37. The molecule has 0 aromatic carbocycles. The maximum Gasteiger partial charge on any atom is 0.362 e. The summed E-state index contributed by atoms with van der Waals surface area (Å²) in [6.07, 6.45) is 1.32. The van der Waals surface area contributed by atoms with E-state index in [1.54, 1.807) is 0 Å². The molecule has 2 amide bonds. The SMILES string of the molecule is CO/N=C(/C(=O)NC1CN(S(=O)(=O)O)C1=O)c1ccco1. The molecule has 2 heterocycles. The molecule has 0 bridgehead atoms. The zero-order valence-electron chi connectivity index (χ0n) is 10.7. The average Bonchev–Trinajstić information content (AvgIpc) is 2.91. The number of rotatable bonds is 5. The van der Waals surface area contributed by atoms with E-state index in [9.17, 15) is 18.0 Å². The van der Waals surface area contributed by atoms with Crippen molar-refractivity contribution in [2.75, 3.05) is 13.7 Å². The van der Waals surface area contributed by atoms with Crippen LogP contribution in [0.4, 0.5) is 0 Å². The van der Waals surface area contributed by atoms with E-state index in [1.165, 1.54) is 25.5 Å². The van der Waals surface area contributed by atoms with Gasteiger partial charge in [-0.15, -0.1) is 0 Å². The molecule has 1 aromatic heterocycles. The Morgan fingerprint density at radius 2 is 2.33 bits per heavy atom. The van der Waals surface area contributed by atoms with Gasteiger partial charge in [0.1, 0.15) is 13.2 Å². The van der Waals surface area contributed by atoms with Crippen LogP contribution in [-0.2, 0) is 24.7 Å². The van der Waals surface area contributed by atoms with E-state index in [0.29, 0.717) is 0 Å². The molecule has 11 heteroatoms. The molecular weight excluding hydrogens is 306 g/mol. The number of carbonyl (C=O) groups excluding carboxylic acids is 2. The Hall–Kier alpha value is -2.40. The number of nitrogens with zero attached hydrogens (tertiary/aromatic N) is 2. The molecule has 1 aromatic rings. The van der Waals surface area contributed by atoms with Gasteiger partial charge < -0.3 is 14.6 Å². The number of oxime groups is 1. The summed E-state index contributed by atoms with van der Waals surface area (Å²) < 4.78 is 35.5. The molecule has 0 radical (unpaired) electrons. The lowest BCUT2D eigenvalue weighted by atomic mass is 10.1. The molecule has 1 unspecified atom stereocenters. The van der Waals surface area contributed by atoms with Gasteiger partial charge in [-0.05, 0) is 12.1 Å². The van der Waals surface area contributed by atoms with E-state index in [1.807, 2.05) is 0 Å². The Bertz CT molecular complexity index is 680. The number of hydrogen-bond acceptors (Lipinski definition) is 7. The van der Waals surface area contributed by atoms with Crippen LogP contribution >= 0.6 is 0 Å². The number of furan rings is 1. The van der Waals surface area contributed by atoms with Crippen LogP contribution in [0.1, 0.15) is 5.76 Å². The lowest BCUT2D eigenvalue weighted by molar-refractivity contribution is -0.139. The van der Waals surface area contributed by atoms with E-state index in [0.717, 1.165) is 0 Å². The van der Waals surface area contributed by atoms with Gasteiger partial charge in [-0.2, -0.15) is 8.42 Å². The second-order valence-electron chi connectivity index (χ2n) is 3.97. The molecule has 1 aliphatic rings. The zero-order chi connectivity index (χ0) is 15.6. The lowest BCUT2D eigenvalue weighted by Gasteiger charge is -2.35. The Kier molecular flexibility index (Phi) is 3.95. The molecule has 1 aliphatic heterocycles. The molecule has 2 rings (SSSR count). The summed E-state index contributed by atoms with van der Waals surface area (Å²) in [5.41, 5.74) is -0.208. The van der Waals surface area contributed by atoms with Crippen LogP contribution in [0.5, 0.6) is 0 Å². The Labute approximate surface area is 119 Å². The Morgan fingerprint density at radius 1 is 1.62 bits per heavy atom. The first kappa shape index (κ1) is 15.0. The number of β-lactam (4-membered cyclic amide) rings is 1. The van der Waals surface area contributed by atoms with E-state index < -0.39 is 28.2 Å². The largest absolute Gasteiger partial charge is 0.462 e. The van der Waals surface area contributed by atoms with Crippen LogP contribution in [0.2, 0.25) is 0 Å². The van der Waals surface area contributed by atoms with Crippen LogP contribution in [0, 0.1) is 0 Å². The smallest absolute Gasteiger partial charge is 0.362 e. The molecule has 0 aliphatic carbocycles. The summed E-state index contributed by atoms with van der Waals surface area (Å²) in [6.45, 7) is -0.359. The van der Waals surface area contributed by atoms with Crippen LogP contribution in [-0.4, -0.2) is 54.5 Å². The fourth-order valence-electron chi connectivity index (χ4n) is 1.64. The van der Waals surface area contributed by atoms with E-state index in [-0.39, 0.29) is 22.3 Å². The second-order valence-corrected chi connectivity index (χ2v) is 5.31. The fraction of sp³-hybridized carbons (Fsp3) is 0.300. The lowest BCUT2D eigenvalue weighted by Crippen LogP contribution is -2.65. The van der Waals surface area contributed by atoms with Crippen molar-refractivity contribution in [2.24, 2.45) is 5.16 Å². The first-order valence-electron chi connectivity index (χ1n) is 5.59. The highest BCUT2D eigenvalue weighted by Gasteiger charge is 2.45. The summed E-state index contributed by atoms with van der Waals surface area (Å²) in [5, 5.41) is 5.75. The van der Waals surface area contributed by atoms with E-state index in [2.05, 4.69) is 15.3 Å². The summed E-state index contributed by atoms with van der Waals surface area (Å²) in [5.74, 6) is -1.60. The summed E-state index contributed by atoms with van der Waals surface area (Å²) in [4.78, 5) is 28.0. The zero-order valence-corrected chi connectivity index (χ0v) is 11.5. The van der Waals surface area contributed by atoms with E-state index >= 15 is 0 Å². The van der Waals surface area contributed by atoms with Gasteiger partial charge in [-0.3, -0.25) is 14.1 Å². The first-order valence-corrected chi connectivity index (χ1v) is 6.99. The van der Waals surface area contributed by atoms with Gasteiger partial charge >= 0.3 is 10.3 Å². The van der Waals surface area contributed by atoms with Crippen molar-refractivity contribution >= 4 is 27.8 Å². The molecule has 114 valence electrons. The Balaban J connectivity index is 2.06. The minimum atomic E-state index is -4.60. The minimum absolute atomic E-state index is 0.118. The van der Waals surface area contributed by atoms with Crippen LogP contribution in [0.3, 0.4) is 0 Å². The maximum absolute atomic E-state index is 12.0.